The van der Waals surface area contributed by atoms with Gasteiger partial charge in [-0.1, -0.05) is 76.6 Å². The molecule has 0 saturated heterocycles. The van der Waals surface area contributed by atoms with Crippen molar-refractivity contribution in [2.75, 3.05) is 13.1 Å². The highest BCUT2D eigenvalue weighted by molar-refractivity contribution is 5.23. The van der Waals surface area contributed by atoms with Crippen molar-refractivity contribution in [3.05, 3.63) is 35.4 Å². The first-order valence-electron chi connectivity index (χ1n) is 9.36. The molecule has 0 atom stereocenters. The van der Waals surface area contributed by atoms with E-state index < -0.39 is 0 Å². The van der Waals surface area contributed by atoms with Gasteiger partial charge >= 0.3 is 0 Å². The summed E-state index contributed by atoms with van der Waals surface area (Å²) in [5.74, 6) is 0. The summed E-state index contributed by atoms with van der Waals surface area (Å²) in [5.41, 5.74) is 2.81. The summed E-state index contributed by atoms with van der Waals surface area (Å²) in [6, 6.07) is 8.97. The van der Waals surface area contributed by atoms with Crippen molar-refractivity contribution >= 4 is 0 Å². The number of hydrogen-bond acceptors (Lipinski definition) is 2. The molecule has 1 aromatic carbocycles. The number of benzene rings is 1. The van der Waals surface area contributed by atoms with E-state index in [9.17, 15) is 0 Å². The number of hydrogen-bond donors (Lipinski definition) is 2. The summed E-state index contributed by atoms with van der Waals surface area (Å²) in [5, 5.41) is 7.12. The van der Waals surface area contributed by atoms with Crippen molar-refractivity contribution in [2.45, 2.75) is 78.3 Å². The Morgan fingerprint density at radius 1 is 0.682 bits per heavy atom. The normalized spacial score (nSPS) is 11.0. The molecule has 22 heavy (non-hydrogen) atoms. The molecule has 1 aromatic rings. The fraction of sp³-hybridized carbons (Fsp3) is 0.700. The third-order valence-electron chi connectivity index (χ3n) is 4.06. The Labute approximate surface area is 138 Å². The van der Waals surface area contributed by atoms with E-state index >= 15 is 0 Å². The Morgan fingerprint density at radius 2 is 1.18 bits per heavy atom. The standard InChI is InChI=1S/C20H36N2/c1-3-5-7-9-14-21-17-19-12-11-13-20(16-19)18-22-15-10-8-6-4-2/h11-13,16,21-22H,3-10,14-15,17-18H2,1-2H3. The molecule has 0 heterocycles. The van der Waals surface area contributed by atoms with Crippen molar-refractivity contribution in [1.29, 1.82) is 0 Å². The average Bonchev–Trinajstić information content (AvgIpc) is 2.54. The lowest BCUT2D eigenvalue weighted by atomic mass is 10.1. The fourth-order valence-corrected chi connectivity index (χ4v) is 2.67. The van der Waals surface area contributed by atoms with Crippen LogP contribution in [0.1, 0.15) is 76.3 Å². The Kier molecular flexibility index (Phi) is 12.0. The van der Waals surface area contributed by atoms with E-state index in [-0.39, 0.29) is 0 Å². The summed E-state index contributed by atoms with van der Waals surface area (Å²) in [7, 11) is 0. The van der Waals surface area contributed by atoms with Gasteiger partial charge in [0.15, 0.2) is 0 Å². The van der Waals surface area contributed by atoms with E-state index in [2.05, 4.69) is 48.7 Å². The topological polar surface area (TPSA) is 24.1 Å². The molecule has 0 radical (unpaired) electrons. The molecule has 1 rings (SSSR count). The first-order valence-corrected chi connectivity index (χ1v) is 9.36. The van der Waals surface area contributed by atoms with Crippen LogP contribution in [0.3, 0.4) is 0 Å². The summed E-state index contributed by atoms with van der Waals surface area (Å²) in [6.07, 6.45) is 10.7. The van der Waals surface area contributed by atoms with Gasteiger partial charge in [0.1, 0.15) is 0 Å². The highest BCUT2D eigenvalue weighted by Crippen LogP contribution is 2.06. The molecule has 0 spiro atoms. The van der Waals surface area contributed by atoms with Gasteiger partial charge in [0.2, 0.25) is 0 Å². The van der Waals surface area contributed by atoms with Crippen molar-refractivity contribution in [3.63, 3.8) is 0 Å². The van der Waals surface area contributed by atoms with E-state index in [1.807, 2.05) is 0 Å². The SMILES string of the molecule is CCCCCCNCc1cccc(CNCCCCCC)c1. The second kappa shape index (κ2) is 13.8. The molecule has 2 heteroatoms. The molecule has 126 valence electrons. The molecule has 2 N–H and O–H groups in total. The van der Waals surface area contributed by atoms with Crippen LogP contribution in [0.4, 0.5) is 0 Å². The lowest BCUT2D eigenvalue weighted by molar-refractivity contribution is 0.593. The van der Waals surface area contributed by atoms with Crippen molar-refractivity contribution in [3.8, 4) is 0 Å². The quantitative estimate of drug-likeness (QED) is 0.471. The molecule has 0 saturated carbocycles. The maximum atomic E-state index is 3.56. The molecule has 2 nitrogen and oxygen atoms in total. The molecule has 0 bridgehead atoms. The average molecular weight is 305 g/mol. The summed E-state index contributed by atoms with van der Waals surface area (Å²) in [4.78, 5) is 0. The van der Waals surface area contributed by atoms with E-state index in [1.165, 1.54) is 62.5 Å². The van der Waals surface area contributed by atoms with Crippen LogP contribution in [-0.4, -0.2) is 13.1 Å². The minimum Gasteiger partial charge on any atom is -0.313 e. The minimum absolute atomic E-state index is 0.996. The first-order chi connectivity index (χ1) is 10.9. The monoisotopic (exact) mass is 304 g/mol. The van der Waals surface area contributed by atoms with Crippen molar-refractivity contribution in [1.82, 2.24) is 10.6 Å². The van der Waals surface area contributed by atoms with E-state index in [1.54, 1.807) is 0 Å². The van der Waals surface area contributed by atoms with Crippen LogP contribution in [0.2, 0.25) is 0 Å². The maximum absolute atomic E-state index is 3.56. The molecule has 0 unspecified atom stereocenters. The molecule has 0 aliphatic heterocycles. The van der Waals surface area contributed by atoms with Crippen molar-refractivity contribution in [2.24, 2.45) is 0 Å². The van der Waals surface area contributed by atoms with Crippen LogP contribution in [0.25, 0.3) is 0 Å². The zero-order valence-electron chi connectivity index (χ0n) is 14.8. The van der Waals surface area contributed by atoms with Gasteiger partial charge in [-0.15, -0.1) is 0 Å². The Hall–Kier alpha value is -0.860. The smallest absolute Gasteiger partial charge is 0.0205 e. The van der Waals surface area contributed by atoms with Gasteiger partial charge in [0, 0.05) is 13.1 Å². The zero-order valence-corrected chi connectivity index (χ0v) is 14.8. The molecule has 0 aliphatic carbocycles. The molecule has 0 amide bonds. The van der Waals surface area contributed by atoms with Crippen molar-refractivity contribution < 1.29 is 0 Å². The van der Waals surface area contributed by atoms with E-state index in [0.717, 1.165) is 26.2 Å². The fourth-order valence-electron chi connectivity index (χ4n) is 2.67. The van der Waals surface area contributed by atoms with Gasteiger partial charge in [-0.2, -0.15) is 0 Å². The summed E-state index contributed by atoms with van der Waals surface area (Å²) < 4.78 is 0. The summed E-state index contributed by atoms with van der Waals surface area (Å²) >= 11 is 0. The van der Waals surface area contributed by atoms with Gasteiger partial charge in [0.25, 0.3) is 0 Å². The van der Waals surface area contributed by atoms with Gasteiger partial charge in [-0.3, -0.25) is 0 Å². The largest absolute Gasteiger partial charge is 0.313 e. The Morgan fingerprint density at radius 3 is 1.64 bits per heavy atom. The Bertz CT molecular complexity index is 331. The van der Waals surface area contributed by atoms with Crippen LogP contribution in [0.15, 0.2) is 24.3 Å². The van der Waals surface area contributed by atoms with E-state index in [4.69, 9.17) is 0 Å². The third-order valence-corrected chi connectivity index (χ3v) is 4.06. The second-order valence-electron chi connectivity index (χ2n) is 6.29. The third kappa shape index (κ3) is 9.97. The highest BCUT2D eigenvalue weighted by Gasteiger charge is 1.97. The molecular weight excluding hydrogens is 268 g/mol. The molecule has 0 fully saturated rings. The highest BCUT2D eigenvalue weighted by atomic mass is 14.9. The zero-order chi connectivity index (χ0) is 15.9. The van der Waals surface area contributed by atoms with Crippen LogP contribution in [0, 0.1) is 0 Å². The first kappa shape index (κ1) is 19.2. The summed E-state index contributed by atoms with van der Waals surface area (Å²) in [6.45, 7) is 8.79. The molecule has 0 aromatic heterocycles. The lowest BCUT2D eigenvalue weighted by Crippen LogP contribution is -2.16. The van der Waals surface area contributed by atoms with Gasteiger partial charge in [-0.25, -0.2) is 0 Å². The maximum Gasteiger partial charge on any atom is 0.0205 e. The van der Waals surface area contributed by atoms with Gasteiger partial charge in [-0.05, 0) is 37.1 Å². The van der Waals surface area contributed by atoms with E-state index in [0.29, 0.717) is 0 Å². The predicted molar refractivity (Wildman–Crippen MR) is 98.1 cm³/mol. The van der Waals surface area contributed by atoms with Crippen LogP contribution in [0.5, 0.6) is 0 Å². The lowest BCUT2D eigenvalue weighted by Gasteiger charge is -2.08. The van der Waals surface area contributed by atoms with Crippen LogP contribution >= 0.6 is 0 Å². The predicted octanol–water partition coefficient (Wildman–Crippen LogP) is 5.03. The number of unbranched alkanes of at least 4 members (excludes halogenated alkanes) is 6. The number of rotatable bonds is 14. The second-order valence-corrected chi connectivity index (χ2v) is 6.29. The van der Waals surface area contributed by atoms with Gasteiger partial charge in [0.05, 0.1) is 0 Å². The van der Waals surface area contributed by atoms with Crippen LogP contribution < -0.4 is 10.6 Å². The molecular formula is C20H36N2. The number of nitrogens with one attached hydrogen (secondary N) is 2. The van der Waals surface area contributed by atoms with Crippen LogP contribution in [-0.2, 0) is 13.1 Å². The molecule has 0 aliphatic rings. The van der Waals surface area contributed by atoms with Gasteiger partial charge < -0.3 is 10.6 Å². The minimum atomic E-state index is 0.996. The Balaban J connectivity index is 2.13.